The minimum absolute atomic E-state index is 0.302. The number of anilines is 1. The monoisotopic (exact) mass is 191 g/mol. The van der Waals surface area contributed by atoms with E-state index in [1.807, 2.05) is 0 Å². The van der Waals surface area contributed by atoms with E-state index in [0.717, 1.165) is 11.3 Å². The fourth-order valence-electron chi connectivity index (χ4n) is 0.819. The predicted molar refractivity (Wildman–Crippen MR) is 43.8 cm³/mol. The normalized spacial score (nSPS) is 10.6. The van der Waals surface area contributed by atoms with E-state index in [9.17, 15) is 13.6 Å². The fourth-order valence-corrected chi connectivity index (χ4v) is 1.72. The summed E-state index contributed by atoms with van der Waals surface area (Å²) in [7, 11) is 0. The number of carbonyl (C=O) groups excluding carboxylic acids is 1. The standard InChI is InChI=1S/C7H7F2NOS/c8-6(9)2-5-1-4(3-11)7(10)12-5/h1,3,6H,2,10H2. The Hall–Kier alpha value is -0.970. The lowest BCUT2D eigenvalue weighted by molar-refractivity contribution is 0.112. The summed E-state index contributed by atoms with van der Waals surface area (Å²) in [6.07, 6.45) is -2.15. The van der Waals surface area contributed by atoms with E-state index >= 15 is 0 Å². The molecule has 1 aromatic heterocycles. The van der Waals surface area contributed by atoms with Crippen molar-refractivity contribution in [3.8, 4) is 0 Å². The molecule has 12 heavy (non-hydrogen) atoms. The third-order valence-electron chi connectivity index (χ3n) is 1.32. The zero-order valence-corrected chi connectivity index (χ0v) is 6.91. The van der Waals surface area contributed by atoms with Crippen LogP contribution in [0.25, 0.3) is 0 Å². The van der Waals surface area contributed by atoms with Crippen LogP contribution in [0.15, 0.2) is 6.07 Å². The van der Waals surface area contributed by atoms with E-state index in [4.69, 9.17) is 5.73 Å². The van der Waals surface area contributed by atoms with Crippen LogP contribution in [-0.2, 0) is 6.42 Å². The van der Waals surface area contributed by atoms with E-state index in [1.165, 1.54) is 6.07 Å². The highest BCUT2D eigenvalue weighted by atomic mass is 32.1. The molecule has 0 fully saturated rings. The first-order valence-electron chi connectivity index (χ1n) is 3.25. The Morgan fingerprint density at radius 3 is 2.75 bits per heavy atom. The van der Waals surface area contributed by atoms with Crippen LogP contribution in [0.4, 0.5) is 13.8 Å². The molecule has 0 unspecified atom stereocenters. The second-order valence-corrected chi connectivity index (χ2v) is 3.41. The highest BCUT2D eigenvalue weighted by Crippen LogP contribution is 2.25. The van der Waals surface area contributed by atoms with Crippen molar-refractivity contribution in [2.75, 3.05) is 5.73 Å². The first-order chi connectivity index (χ1) is 5.63. The third-order valence-corrected chi connectivity index (χ3v) is 2.33. The Kier molecular flexibility index (Phi) is 2.75. The van der Waals surface area contributed by atoms with Crippen LogP contribution in [-0.4, -0.2) is 12.7 Å². The van der Waals surface area contributed by atoms with Crippen LogP contribution in [0.1, 0.15) is 15.2 Å². The molecular formula is C7H7F2NOS. The molecule has 0 spiro atoms. The summed E-state index contributed by atoms with van der Waals surface area (Å²) < 4.78 is 23.7. The smallest absolute Gasteiger partial charge is 0.243 e. The zero-order chi connectivity index (χ0) is 9.14. The lowest BCUT2D eigenvalue weighted by atomic mass is 10.3. The van der Waals surface area contributed by atoms with E-state index in [1.54, 1.807) is 0 Å². The van der Waals surface area contributed by atoms with Crippen LogP contribution < -0.4 is 5.73 Å². The number of aldehydes is 1. The van der Waals surface area contributed by atoms with Gasteiger partial charge >= 0.3 is 0 Å². The molecule has 0 saturated heterocycles. The van der Waals surface area contributed by atoms with Gasteiger partial charge in [0, 0.05) is 16.9 Å². The zero-order valence-electron chi connectivity index (χ0n) is 6.09. The number of nitrogen functional groups attached to an aromatic ring is 1. The Morgan fingerprint density at radius 2 is 2.33 bits per heavy atom. The largest absolute Gasteiger partial charge is 0.390 e. The average Bonchev–Trinajstić information content (AvgIpc) is 2.29. The quantitative estimate of drug-likeness (QED) is 0.742. The molecule has 0 saturated carbocycles. The van der Waals surface area contributed by atoms with Crippen LogP contribution >= 0.6 is 11.3 Å². The molecule has 0 amide bonds. The number of nitrogens with two attached hydrogens (primary N) is 1. The summed E-state index contributed by atoms with van der Waals surface area (Å²) in [5.41, 5.74) is 5.67. The first-order valence-corrected chi connectivity index (χ1v) is 4.06. The minimum Gasteiger partial charge on any atom is -0.390 e. The fraction of sp³-hybridized carbons (Fsp3) is 0.286. The average molecular weight is 191 g/mol. The van der Waals surface area contributed by atoms with Crippen molar-refractivity contribution >= 4 is 22.6 Å². The highest BCUT2D eigenvalue weighted by molar-refractivity contribution is 7.16. The van der Waals surface area contributed by atoms with E-state index < -0.39 is 6.43 Å². The summed E-state index contributed by atoms with van der Waals surface area (Å²) in [6, 6.07) is 1.40. The second kappa shape index (κ2) is 3.62. The molecule has 1 rings (SSSR count). The number of thiophene rings is 1. The highest BCUT2D eigenvalue weighted by Gasteiger charge is 2.09. The van der Waals surface area contributed by atoms with Gasteiger partial charge in [0.2, 0.25) is 6.43 Å². The maximum Gasteiger partial charge on any atom is 0.243 e. The van der Waals surface area contributed by atoms with Crippen molar-refractivity contribution < 1.29 is 13.6 Å². The number of hydrogen-bond acceptors (Lipinski definition) is 3. The Bertz CT molecular complexity index is 285. The molecule has 0 atom stereocenters. The van der Waals surface area contributed by atoms with Crippen molar-refractivity contribution in [1.29, 1.82) is 0 Å². The maximum atomic E-state index is 11.8. The number of alkyl halides is 2. The van der Waals surface area contributed by atoms with Gasteiger partial charge in [0.25, 0.3) is 0 Å². The van der Waals surface area contributed by atoms with Gasteiger partial charge in [-0.15, -0.1) is 11.3 Å². The molecule has 0 aliphatic carbocycles. The number of hydrogen-bond donors (Lipinski definition) is 1. The van der Waals surface area contributed by atoms with Gasteiger partial charge < -0.3 is 5.73 Å². The van der Waals surface area contributed by atoms with Gasteiger partial charge in [-0.05, 0) is 6.07 Å². The molecule has 0 radical (unpaired) electrons. The summed E-state index contributed by atoms with van der Waals surface area (Å²) in [5, 5.41) is 0.306. The lowest BCUT2D eigenvalue weighted by Gasteiger charge is -1.91. The molecule has 0 aliphatic rings. The van der Waals surface area contributed by atoms with Gasteiger partial charge in [-0.3, -0.25) is 4.79 Å². The Balaban J connectivity index is 2.82. The molecule has 66 valence electrons. The van der Waals surface area contributed by atoms with Gasteiger partial charge in [-0.2, -0.15) is 0 Å². The van der Waals surface area contributed by atoms with Crippen molar-refractivity contribution in [1.82, 2.24) is 0 Å². The summed E-state index contributed by atoms with van der Waals surface area (Å²) in [5.74, 6) is 0. The number of carbonyl (C=O) groups is 1. The van der Waals surface area contributed by atoms with Crippen molar-refractivity contribution in [2.24, 2.45) is 0 Å². The van der Waals surface area contributed by atoms with E-state index in [2.05, 4.69) is 0 Å². The molecule has 0 bridgehead atoms. The summed E-state index contributed by atoms with van der Waals surface area (Å²) in [4.78, 5) is 10.7. The summed E-state index contributed by atoms with van der Waals surface area (Å²) in [6.45, 7) is 0. The third kappa shape index (κ3) is 2.01. The molecule has 2 nitrogen and oxygen atoms in total. The topological polar surface area (TPSA) is 43.1 Å². The predicted octanol–water partition coefficient (Wildman–Crippen LogP) is 1.95. The molecule has 2 N–H and O–H groups in total. The molecule has 1 heterocycles. The Labute approximate surface area is 72.0 Å². The van der Waals surface area contributed by atoms with Gasteiger partial charge in [0.05, 0.1) is 5.00 Å². The lowest BCUT2D eigenvalue weighted by Crippen LogP contribution is -1.93. The van der Waals surface area contributed by atoms with E-state index in [-0.39, 0.29) is 6.42 Å². The van der Waals surface area contributed by atoms with Crippen molar-refractivity contribution in [3.63, 3.8) is 0 Å². The van der Waals surface area contributed by atoms with Crippen LogP contribution in [0.5, 0.6) is 0 Å². The SMILES string of the molecule is Nc1sc(CC(F)F)cc1C=O. The summed E-state index contributed by atoms with van der Waals surface area (Å²) >= 11 is 1.03. The van der Waals surface area contributed by atoms with Crippen molar-refractivity contribution in [3.05, 3.63) is 16.5 Å². The van der Waals surface area contributed by atoms with E-state index in [0.29, 0.717) is 21.7 Å². The Morgan fingerprint density at radius 1 is 1.67 bits per heavy atom. The van der Waals surface area contributed by atoms with Gasteiger partial charge in [0.15, 0.2) is 6.29 Å². The van der Waals surface area contributed by atoms with Crippen molar-refractivity contribution in [2.45, 2.75) is 12.8 Å². The first kappa shape index (κ1) is 9.12. The maximum absolute atomic E-state index is 11.8. The van der Waals surface area contributed by atoms with Crippen LogP contribution in [0.2, 0.25) is 0 Å². The van der Waals surface area contributed by atoms with Gasteiger partial charge in [-0.25, -0.2) is 8.78 Å². The molecule has 0 aliphatic heterocycles. The number of rotatable bonds is 3. The molecular weight excluding hydrogens is 184 g/mol. The molecule has 0 aromatic carbocycles. The van der Waals surface area contributed by atoms with Crippen LogP contribution in [0.3, 0.4) is 0 Å². The van der Waals surface area contributed by atoms with Gasteiger partial charge in [-0.1, -0.05) is 0 Å². The molecule has 5 heteroatoms. The second-order valence-electron chi connectivity index (χ2n) is 2.25. The van der Waals surface area contributed by atoms with Gasteiger partial charge in [0.1, 0.15) is 0 Å². The molecule has 1 aromatic rings. The minimum atomic E-state index is -2.39. The van der Waals surface area contributed by atoms with Crippen LogP contribution in [0, 0.1) is 0 Å². The number of halogens is 2.